The predicted octanol–water partition coefficient (Wildman–Crippen LogP) is 1.39. The highest BCUT2D eigenvalue weighted by atomic mass is 16.5. The summed E-state index contributed by atoms with van der Waals surface area (Å²) in [5.74, 6) is 1.08. The molecule has 138 valence electrons. The number of methoxy groups -OCH3 is 2. The maximum absolute atomic E-state index is 12.4. The van der Waals surface area contributed by atoms with Crippen LogP contribution in [-0.4, -0.2) is 75.9 Å². The highest BCUT2D eigenvalue weighted by Gasteiger charge is 2.45. The van der Waals surface area contributed by atoms with E-state index in [9.17, 15) is 4.79 Å². The Kier molecular flexibility index (Phi) is 5.93. The normalized spacial score (nSPS) is 24.7. The van der Waals surface area contributed by atoms with Gasteiger partial charge in [0.25, 0.3) is 0 Å². The third-order valence-electron chi connectivity index (χ3n) is 5.05. The maximum Gasteiger partial charge on any atom is 0.223 e. The molecule has 2 fully saturated rings. The van der Waals surface area contributed by atoms with Gasteiger partial charge in [0.2, 0.25) is 5.91 Å². The van der Waals surface area contributed by atoms with Crippen LogP contribution in [0.5, 0.6) is 5.75 Å². The third kappa shape index (κ3) is 4.51. The van der Waals surface area contributed by atoms with Gasteiger partial charge in [0.1, 0.15) is 5.75 Å². The zero-order chi connectivity index (χ0) is 17.7. The fourth-order valence-corrected chi connectivity index (χ4v) is 3.79. The SMILES string of the molecule is COCCN1CC2(COCCN(Cc3ccc(OC)cc3)C2)CC1=O. The van der Waals surface area contributed by atoms with Gasteiger partial charge in [0.05, 0.1) is 26.9 Å². The summed E-state index contributed by atoms with van der Waals surface area (Å²) in [6, 6.07) is 8.18. The molecule has 0 radical (unpaired) electrons. The molecule has 0 aliphatic carbocycles. The summed E-state index contributed by atoms with van der Waals surface area (Å²) < 4.78 is 16.2. The van der Waals surface area contributed by atoms with Crippen molar-refractivity contribution in [3.05, 3.63) is 29.8 Å². The molecule has 0 aromatic heterocycles. The highest BCUT2D eigenvalue weighted by Crippen LogP contribution is 2.34. The molecular weight excluding hydrogens is 320 g/mol. The molecule has 2 aliphatic heterocycles. The van der Waals surface area contributed by atoms with Gasteiger partial charge in [-0.3, -0.25) is 9.69 Å². The van der Waals surface area contributed by atoms with Crippen molar-refractivity contribution >= 4 is 5.91 Å². The van der Waals surface area contributed by atoms with Crippen LogP contribution in [0.25, 0.3) is 0 Å². The summed E-state index contributed by atoms with van der Waals surface area (Å²) in [4.78, 5) is 16.7. The summed E-state index contributed by atoms with van der Waals surface area (Å²) in [5, 5.41) is 0. The van der Waals surface area contributed by atoms with Crippen molar-refractivity contribution < 1.29 is 19.0 Å². The molecule has 0 bridgehead atoms. The maximum atomic E-state index is 12.4. The number of benzene rings is 1. The highest BCUT2D eigenvalue weighted by molar-refractivity contribution is 5.79. The van der Waals surface area contributed by atoms with Gasteiger partial charge in [-0.15, -0.1) is 0 Å². The van der Waals surface area contributed by atoms with Gasteiger partial charge in [0, 0.05) is 51.7 Å². The molecule has 1 atom stereocenters. The minimum atomic E-state index is -0.103. The molecule has 0 N–H and O–H groups in total. The first-order valence-corrected chi connectivity index (χ1v) is 8.84. The van der Waals surface area contributed by atoms with Gasteiger partial charge in [0.15, 0.2) is 0 Å². The molecule has 3 rings (SSSR count). The van der Waals surface area contributed by atoms with E-state index in [1.807, 2.05) is 17.0 Å². The van der Waals surface area contributed by atoms with Crippen LogP contribution >= 0.6 is 0 Å². The Morgan fingerprint density at radius 2 is 2.00 bits per heavy atom. The number of ether oxygens (including phenoxy) is 3. The zero-order valence-corrected chi connectivity index (χ0v) is 15.2. The first-order valence-electron chi connectivity index (χ1n) is 8.84. The van der Waals surface area contributed by atoms with E-state index in [1.54, 1.807) is 14.2 Å². The predicted molar refractivity (Wildman–Crippen MR) is 94.6 cm³/mol. The van der Waals surface area contributed by atoms with Gasteiger partial charge < -0.3 is 19.1 Å². The molecule has 1 aromatic carbocycles. The molecule has 1 unspecified atom stereocenters. The number of nitrogens with zero attached hydrogens (tertiary/aromatic N) is 2. The summed E-state index contributed by atoms with van der Waals surface area (Å²) in [7, 11) is 3.35. The zero-order valence-electron chi connectivity index (χ0n) is 15.2. The monoisotopic (exact) mass is 348 g/mol. The molecular formula is C19H28N2O4. The summed E-state index contributed by atoms with van der Waals surface area (Å²) in [6.45, 7) is 6.00. The van der Waals surface area contributed by atoms with E-state index in [4.69, 9.17) is 14.2 Å². The number of carbonyl (C=O) groups excluding carboxylic acids is 1. The van der Waals surface area contributed by atoms with E-state index in [2.05, 4.69) is 17.0 Å². The van der Waals surface area contributed by atoms with E-state index in [0.29, 0.717) is 32.8 Å². The van der Waals surface area contributed by atoms with Crippen LogP contribution in [0.15, 0.2) is 24.3 Å². The molecule has 25 heavy (non-hydrogen) atoms. The van der Waals surface area contributed by atoms with Crippen molar-refractivity contribution in [2.75, 3.05) is 60.2 Å². The molecule has 1 spiro atoms. The Labute approximate surface area is 149 Å². The number of likely N-dealkylation sites (tertiary alicyclic amines) is 1. The summed E-state index contributed by atoms with van der Waals surface area (Å²) in [6.07, 6.45) is 0.565. The minimum Gasteiger partial charge on any atom is -0.497 e. The lowest BCUT2D eigenvalue weighted by Gasteiger charge is -2.31. The lowest BCUT2D eigenvalue weighted by Crippen LogP contribution is -2.40. The smallest absolute Gasteiger partial charge is 0.223 e. The van der Waals surface area contributed by atoms with Crippen LogP contribution < -0.4 is 4.74 Å². The second kappa shape index (κ2) is 8.17. The van der Waals surface area contributed by atoms with Crippen molar-refractivity contribution in [1.29, 1.82) is 0 Å². The van der Waals surface area contributed by atoms with Crippen LogP contribution in [0.1, 0.15) is 12.0 Å². The average Bonchev–Trinajstić information content (AvgIpc) is 2.79. The molecule has 1 amide bonds. The van der Waals surface area contributed by atoms with Crippen LogP contribution in [-0.2, 0) is 20.8 Å². The fraction of sp³-hybridized carbons (Fsp3) is 0.632. The van der Waals surface area contributed by atoms with Crippen LogP contribution in [0.2, 0.25) is 0 Å². The second-order valence-corrected chi connectivity index (χ2v) is 7.10. The summed E-state index contributed by atoms with van der Waals surface area (Å²) >= 11 is 0. The van der Waals surface area contributed by atoms with Crippen molar-refractivity contribution in [3.8, 4) is 5.75 Å². The van der Waals surface area contributed by atoms with Gasteiger partial charge in [-0.2, -0.15) is 0 Å². The molecule has 2 heterocycles. The van der Waals surface area contributed by atoms with E-state index in [0.717, 1.165) is 31.9 Å². The molecule has 0 saturated carbocycles. The Balaban J connectivity index is 1.65. The van der Waals surface area contributed by atoms with Crippen LogP contribution in [0.3, 0.4) is 0 Å². The summed E-state index contributed by atoms with van der Waals surface area (Å²) in [5.41, 5.74) is 1.15. The van der Waals surface area contributed by atoms with E-state index in [1.165, 1.54) is 5.56 Å². The largest absolute Gasteiger partial charge is 0.497 e. The van der Waals surface area contributed by atoms with Gasteiger partial charge in [-0.25, -0.2) is 0 Å². The van der Waals surface area contributed by atoms with E-state index < -0.39 is 0 Å². The Morgan fingerprint density at radius 1 is 1.20 bits per heavy atom. The third-order valence-corrected chi connectivity index (χ3v) is 5.05. The number of amides is 1. The lowest BCUT2D eigenvalue weighted by molar-refractivity contribution is -0.128. The number of carbonyl (C=O) groups is 1. The first-order chi connectivity index (χ1) is 12.1. The van der Waals surface area contributed by atoms with Crippen LogP contribution in [0.4, 0.5) is 0 Å². The van der Waals surface area contributed by atoms with Crippen LogP contribution in [0, 0.1) is 5.41 Å². The van der Waals surface area contributed by atoms with Crippen molar-refractivity contribution in [3.63, 3.8) is 0 Å². The molecule has 6 nitrogen and oxygen atoms in total. The Morgan fingerprint density at radius 3 is 2.72 bits per heavy atom. The quantitative estimate of drug-likeness (QED) is 0.778. The second-order valence-electron chi connectivity index (χ2n) is 7.10. The molecule has 2 saturated heterocycles. The standard InChI is InChI=1S/C19H28N2O4/c1-23-9-8-21-14-19(11-18(21)22)13-20(7-10-25-15-19)12-16-3-5-17(24-2)6-4-16/h3-6H,7-15H2,1-2H3. The number of hydrogen-bond donors (Lipinski definition) is 0. The topological polar surface area (TPSA) is 51.2 Å². The first kappa shape index (κ1) is 18.2. The molecule has 6 heteroatoms. The number of rotatable bonds is 6. The number of hydrogen-bond acceptors (Lipinski definition) is 5. The van der Waals surface area contributed by atoms with Gasteiger partial charge in [-0.1, -0.05) is 12.1 Å². The van der Waals surface area contributed by atoms with E-state index >= 15 is 0 Å². The fourth-order valence-electron chi connectivity index (χ4n) is 3.79. The average molecular weight is 348 g/mol. The van der Waals surface area contributed by atoms with Crippen molar-refractivity contribution in [1.82, 2.24) is 9.80 Å². The van der Waals surface area contributed by atoms with Gasteiger partial charge in [-0.05, 0) is 17.7 Å². The van der Waals surface area contributed by atoms with Gasteiger partial charge >= 0.3 is 0 Å². The Bertz CT molecular complexity index is 577. The molecule has 2 aliphatic rings. The molecule has 1 aromatic rings. The van der Waals surface area contributed by atoms with Crippen molar-refractivity contribution in [2.45, 2.75) is 13.0 Å². The van der Waals surface area contributed by atoms with E-state index in [-0.39, 0.29) is 11.3 Å². The Hall–Kier alpha value is -1.63. The minimum absolute atomic E-state index is 0.103. The van der Waals surface area contributed by atoms with Crippen molar-refractivity contribution in [2.24, 2.45) is 5.41 Å². The lowest BCUT2D eigenvalue weighted by atomic mass is 9.87.